The summed E-state index contributed by atoms with van der Waals surface area (Å²) in [6, 6.07) is -0.0556. The number of aryl methyl sites for hydroxylation is 2. The van der Waals surface area contributed by atoms with E-state index in [1.165, 1.54) is 0 Å². The fourth-order valence-electron chi connectivity index (χ4n) is 2.36. The van der Waals surface area contributed by atoms with Gasteiger partial charge >= 0.3 is 6.09 Å². The van der Waals surface area contributed by atoms with E-state index in [2.05, 4.69) is 32.9 Å². The zero-order chi connectivity index (χ0) is 20.4. The van der Waals surface area contributed by atoms with Gasteiger partial charge in [-0.1, -0.05) is 13.3 Å². The molecule has 0 fully saturated rings. The molecule has 0 spiro atoms. The summed E-state index contributed by atoms with van der Waals surface area (Å²) in [5.41, 5.74) is 0.361. The van der Waals surface area contributed by atoms with Crippen LogP contribution in [0.1, 0.15) is 64.8 Å². The van der Waals surface area contributed by atoms with Crippen molar-refractivity contribution < 1.29 is 13.9 Å². The van der Waals surface area contributed by atoms with Crippen LogP contribution in [-0.4, -0.2) is 41.8 Å². The molecule has 28 heavy (non-hydrogen) atoms. The lowest BCUT2D eigenvalue weighted by atomic mass is 10.1. The number of aromatic nitrogens is 1. The highest BCUT2D eigenvalue weighted by Gasteiger charge is 2.19. The van der Waals surface area contributed by atoms with Crippen LogP contribution >= 0.6 is 24.0 Å². The van der Waals surface area contributed by atoms with Gasteiger partial charge in [0.25, 0.3) is 0 Å². The van der Waals surface area contributed by atoms with Crippen LogP contribution in [0.25, 0.3) is 0 Å². The summed E-state index contributed by atoms with van der Waals surface area (Å²) in [4.78, 5) is 20.9. The first-order chi connectivity index (χ1) is 12.6. The van der Waals surface area contributed by atoms with E-state index in [-0.39, 0.29) is 30.0 Å². The number of carbonyl (C=O) groups excluding carboxylic acids is 1. The first-order valence-electron chi connectivity index (χ1n) is 9.59. The van der Waals surface area contributed by atoms with Crippen LogP contribution in [0.4, 0.5) is 4.79 Å². The molecule has 0 aliphatic heterocycles. The third kappa shape index (κ3) is 10.7. The number of amides is 1. The van der Waals surface area contributed by atoms with E-state index in [0.29, 0.717) is 24.9 Å². The second-order valence-corrected chi connectivity index (χ2v) is 7.46. The van der Waals surface area contributed by atoms with Gasteiger partial charge in [0.2, 0.25) is 5.89 Å². The molecule has 1 amide bonds. The molecule has 1 aromatic rings. The number of guanidine groups is 1. The Morgan fingerprint density at radius 1 is 1.25 bits per heavy atom. The maximum atomic E-state index is 12.0. The number of nitrogens with one attached hydrogen (secondary N) is 3. The van der Waals surface area contributed by atoms with Crippen LogP contribution < -0.4 is 16.0 Å². The van der Waals surface area contributed by atoms with E-state index in [1.807, 2.05) is 41.5 Å². The normalized spacial score (nSPS) is 12.8. The van der Waals surface area contributed by atoms with E-state index in [1.54, 1.807) is 0 Å². The van der Waals surface area contributed by atoms with E-state index in [4.69, 9.17) is 9.15 Å². The smallest absolute Gasteiger partial charge is 0.407 e. The van der Waals surface area contributed by atoms with E-state index >= 15 is 0 Å². The molecular weight excluding hydrogens is 473 g/mol. The lowest BCUT2D eigenvalue weighted by molar-refractivity contribution is 0.0502. The Hall–Kier alpha value is -1.52. The van der Waals surface area contributed by atoms with Crippen LogP contribution in [0.5, 0.6) is 0 Å². The molecular formula is C19H36IN5O3. The van der Waals surface area contributed by atoms with E-state index in [9.17, 15) is 4.79 Å². The van der Waals surface area contributed by atoms with Gasteiger partial charge in [-0.05, 0) is 48.0 Å². The molecule has 1 unspecified atom stereocenters. The van der Waals surface area contributed by atoms with Crippen molar-refractivity contribution in [2.24, 2.45) is 4.99 Å². The van der Waals surface area contributed by atoms with E-state index < -0.39 is 11.7 Å². The summed E-state index contributed by atoms with van der Waals surface area (Å²) in [6.45, 7) is 15.0. The van der Waals surface area contributed by atoms with Gasteiger partial charge in [-0.15, -0.1) is 24.0 Å². The summed E-state index contributed by atoms with van der Waals surface area (Å²) < 4.78 is 10.9. The molecule has 9 heteroatoms. The van der Waals surface area contributed by atoms with Crippen LogP contribution in [0.15, 0.2) is 9.41 Å². The third-order valence-electron chi connectivity index (χ3n) is 3.66. The maximum absolute atomic E-state index is 12.0. The molecule has 1 rings (SSSR count). The third-order valence-corrected chi connectivity index (χ3v) is 3.66. The number of rotatable bonds is 8. The standard InChI is InChI=1S/C19H35N5O3.HI/c1-8-10-15(24-18(25)27-19(5,6)7)11-21-17(20-9-2)22-12-16-23-13(3)14(4)26-16;/h15H,8-12H2,1-7H3,(H,24,25)(H2,20,21,22);1H. The Kier molecular flexibility index (Phi) is 12.1. The Morgan fingerprint density at radius 2 is 1.93 bits per heavy atom. The van der Waals surface area contributed by atoms with Crippen LogP contribution in [0.3, 0.4) is 0 Å². The zero-order valence-corrected chi connectivity index (χ0v) is 20.5. The zero-order valence-electron chi connectivity index (χ0n) is 18.1. The van der Waals surface area contributed by atoms with Gasteiger partial charge in [-0.2, -0.15) is 0 Å². The lowest BCUT2D eigenvalue weighted by Gasteiger charge is -2.24. The predicted octanol–water partition coefficient (Wildman–Crippen LogP) is 3.66. The number of halogens is 1. The van der Waals surface area contributed by atoms with Gasteiger partial charge in [0.05, 0.1) is 5.69 Å². The maximum Gasteiger partial charge on any atom is 0.407 e. The number of nitrogens with zero attached hydrogens (tertiary/aromatic N) is 2. The summed E-state index contributed by atoms with van der Waals surface area (Å²) in [5, 5.41) is 9.37. The van der Waals surface area contributed by atoms with Crippen LogP contribution in [-0.2, 0) is 11.3 Å². The van der Waals surface area contributed by atoms with Crippen molar-refractivity contribution in [1.82, 2.24) is 20.9 Å². The molecule has 8 nitrogen and oxygen atoms in total. The molecule has 1 atom stereocenters. The number of hydrogen-bond acceptors (Lipinski definition) is 5. The van der Waals surface area contributed by atoms with Crippen molar-refractivity contribution in [2.75, 3.05) is 13.1 Å². The van der Waals surface area contributed by atoms with Gasteiger partial charge in [0.1, 0.15) is 17.9 Å². The minimum Gasteiger partial charge on any atom is -0.444 e. The quantitative estimate of drug-likeness (QED) is 0.281. The molecule has 1 aromatic heterocycles. The summed E-state index contributed by atoms with van der Waals surface area (Å²) in [7, 11) is 0. The van der Waals surface area contributed by atoms with Gasteiger partial charge in [-0.3, -0.25) is 0 Å². The highest BCUT2D eigenvalue weighted by molar-refractivity contribution is 14.0. The molecule has 0 radical (unpaired) electrons. The van der Waals surface area contributed by atoms with Gasteiger partial charge in [-0.25, -0.2) is 14.8 Å². The number of hydrogen-bond donors (Lipinski definition) is 3. The van der Waals surface area contributed by atoms with Crippen molar-refractivity contribution in [2.45, 2.75) is 79.5 Å². The average molecular weight is 509 g/mol. The van der Waals surface area contributed by atoms with E-state index in [0.717, 1.165) is 30.8 Å². The molecule has 0 aliphatic carbocycles. The van der Waals surface area contributed by atoms with Crippen LogP contribution in [0, 0.1) is 13.8 Å². The molecule has 3 N–H and O–H groups in total. The number of carbonyl (C=O) groups is 1. The number of aliphatic imine (C=N–C) groups is 1. The number of alkyl carbamates (subject to hydrolysis) is 1. The lowest BCUT2D eigenvalue weighted by Crippen LogP contribution is -2.48. The SMILES string of the molecule is CCCC(CNC(=NCc1nc(C)c(C)o1)NCC)NC(=O)OC(C)(C)C.I. The average Bonchev–Trinajstić information content (AvgIpc) is 2.86. The highest BCUT2D eigenvalue weighted by atomic mass is 127. The molecule has 0 bridgehead atoms. The van der Waals surface area contributed by atoms with Gasteiger partial charge in [0.15, 0.2) is 5.96 Å². The molecule has 1 heterocycles. The second-order valence-electron chi connectivity index (χ2n) is 7.46. The van der Waals surface area contributed by atoms with Crippen molar-refractivity contribution in [3.8, 4) is 0 Å². The predicted molar refractivity (Wildman–Crippen MR) is 122 cm³/mol. The Balaban J connectivity index is 0.00000729. The minimum absolute atomic E-state index is 0. The van der Waals surface area contributed by atoms with Crippen molar-refractivity contribution >= 4 is 36.0 Å². The second kappa shape index (κ2) is 12.8. The fourth-order valence-corrected chi connectivity index (χ4v) is 2.36. The fraction of sp³-hybridized carbons (Fsp3) is 0.737. The summed E-state index contributed by atoms with van der Waals surface area (Å²) >= 11 is 0. The Bertz CT molecular complexity index is 606. The monoisotopic (exact) mass is 509 g/mol. The number of ether oxygens (including phenoxy) is 1. The minimum atomic E-state index is -0.517. The molecule has 0 saturated heterocycles. The van der Waals surface area contributed by atoms with Gasteiger partial charge < -0.3 is 25.1 Å². The molecule has 162 valence electrons. The summed E-state index contributed by atoms with van der Waals surface area (Å²) in [5.74, 6) is 2.04. The van der Waals surface area contributed by atoms with Crippen molar-refractivity contribution in [3.63, 3.8) is 0 Å². The topological polar surface area (TPSA) is 101 Å². The molecule has 0 saturated carbocycles. The Morgan fingerprint density at radius 3 is 2.43 bits per heavy atom. The molecule has 0 aliphatic rings. The number of oxazole rings is 1. The largest absolute Gasteiger partial charge is 0.444 e. The van der Waals surface area contributed by atoms with Crippen LogP contribution in [0.2, 0.25) is 0 Å². The molecule has 0 aromatic carbocycles. The summed E-state index contributed by atoms with van der Waals surface area (Å²) in [6.07, 6.45) is 1.38. The van der Waals surface area contributed by atoms with Crippen molar-refractivity contribution in [1.29, 1.82) is 0 Å². The first-order valence-corrected chi connectivity index (χ1v) is 9.59. The highest BCUT2D eigenvalue weighted by Crippen LogP contribution is 2.09. The van der Waals surface area contributed by atoms with Gasteiger partial charge in [0, 0.05) is 19.1 Å². The van der Waals surface area contributed by atoms with Crippen molar-refractivity contribution in [3.05, 3.63) is 17.3 Å². The first kappa shape index (κ1) is 26.5. The Labute approximate surface area is 185 Å².